The lowest BCUT2D eigenvalue weighted by Gasteiger charge is -2.24. The van der Waals surface area contributed by atoms with Gasteiger partial charge in [0.1, 0.15) is 0 Å². The number of thiol groups is 3. The summed E-state index contributed by atoms with van der Waals surface area (Å²) in [5, 5.41) is 26.1. The molecular weight excluding hydrogens is 1020 g/mol. The highest BCUT2D eigenvalue weighted by atomic mass is 32.1. The number of aliphatic hydroxyl groups excluding tert-OH is 3. The first-order valence-corrected chi connectivity index (χ1v) is 35.9. The highest BCUT2D eigenvalue weighted by Crippen LogP contribution is 2.20. The smallest absolute Gasteiger partial charge is 0.185 e. The van der Waals surface area contributed by atoms with Crippen LogP contribution in [0.15, 0.2) is 0 Å². The molecule has 0 aliphatic carbocycles. The van der Waals surface area contributed by atoms with Crippen LogP contribution in [-0.4, -0.2) is 50.5 Å². The van der Waals surface area contributed by atoms with Gasteiger partial charge in [0.15, 0.2) is 15.3 Å². The van der Waals surface area contributed by atoms with Crippen LogP contribution in [0.2, 0.25) is 0 Å². The fourth-order valence-corrected chi connectivity index (χ4v) is 10.5. The number of aliphatic hydroxyl groups is 3. The molecule has 0 heterocycles. The topological polar surface area (TPSA) is 112 Å². The van der Waals surface area contributed by atoms with Crippen LogP contribution in [0.25, 0.3) is 0 Å². The normalized spacial score (nSPS) is 11.2. The molecular formula is C69H140O6S3. The molecule has 0 radical (unpaired) electrons. The van der Waals surface area contributed by atoms with Crippen LogP contribution >= 0.6 is 37.9 Å². The Morgan fingerprint density at radius 3 is 0.423 bits per heavy atom. The Morgan fingerprint density at radius 1 is 0.231 bits per heavy atom. The summed E-state index contributed by atoms with van der Waals surface area (Å²) in [5.74, 6) is 0. The summed E-state index contributed by atoms with van der Waals surface area (Å²) in [6.07, 6.45) is 77.4. The van der Waals surface area contributed by atoms with Crippen molar-refractivity contribution in [2.75, 3.05) is 19.8 Å². The molecule has 0 saturated carbocycles. The largest absolute Gasteiger partial charge is 0.396 e. The van der Waals surface area contributed by atoms with Crippen molar-refractivity contribution in [1.82, 2.24) is 0 Å². The third kappa shape index (κ3) is 82.4. The Balaban J connectivity index is -0.000000487. The van der Waals surface area contributed by atoms with Crippen molar-refractivity contribution in [2.24, 2.45) is 5.41 Å². The minimum Gasteiger partial charge on any atom is -0.396 e. The fraction of sp³-hybridized carbons (Fsp3) is 0.957. The lowest BCUT2D eigenvalue weighted by molar-refractivity contribution is -0.111. The average molecular weight is 1160 g/mol. The molecule has 0 aliphatic heterocycles. The molecule has 78 heavy (non-hydrogen) atoms. The number of unbranched alkanes of at least 4 members (excludes halogenated alkanes) is 51. The summed E-state index contributed by atoms with van der Waals surface area (Å²) in [4.78, 5) is 32.0. The molecule has 0 aromatic rings. The van der Waals surface area contributed by atoms with E-state index in [9.17, 15) is 14.4 Å². The zero-order valence-electron chi connectivity index (χ0n) is 53.0. The first-order chi connectivity index (χ1) is 38.1. The monoisotopic (exact) mass is 1160 g/mol. The predicted octanol–water partition coefficient (Wildman–Crippen LogP) is 23.0. The molecule has 6 nitrogen and oxygen atoms in total. The van der Waals surface area contributed by atoms with Crippen molar-refractivity contribution in [1.29, 1.82) is 0 Å². The summed E-state index contributed by atoms with van der Waals surface area (Å²) in [7, 11) is 0. The number of hydrogen-bond donors (Lipinski definition) is 6. The number of carbonyl (C=O) groups excluding carboxylic acids is 3. The number of carbonyl (C=O) groups is 3. The van der Waals surface area contributed by atoms with Gasteiger partial charge in [0.2, 0.25) is 0 Å². The van der Waals surface area contributed by atoms with E-state index in [1.54, 1.807) is 0 Å². The van der Waals surface area contributed by atoms with Crippen molar-refractivity contribution >= 4 is 53.2 Å². The fourth-order valence-electron chi connectivity index (χ4n) is 10.0. The molecule has 9 heteroatoms. The Morgan fingerprint density at radius 2 is 0.346 bits per heavy atom. The van der Waals surface area contributed by atoms with Crippen LogP contribution in [0.5, 0.6) is 0 Å². The van der Waals surface area contributed by atoms with Crippen LogP contribution < -0.4 is 0 Å². The molecule has 0 saturated heterocycles. The van der Waals surface area contributed by atoms with E-state index in [0.29, 0.717) is 25.7 Å². The molecule has 0 aromatic heterocycles. The maximum Gasteiger partial charge on any atom is 0.185 e. The van der Waals surface area contributed by atoms with E-state index in [2.05, 4.69) is 58.7 Å². The first kappa shape index (κ1) is 84.4. The van der Waals surface area contributed by atoms with Gasteiger partial charge in [-0.2, -0.15) is 0 Å². The van der Waals surface area contributed by atoms with Crippen molar-refractivity contribution in [2.45, 2.75) is 400 Å². The van der Waals surface area contributed by atoms with Crippen molar-refractivity contribution in [3.05, 3.63) is 0 Å². The van der Waals surface area contributed by atoms with Gasteiger partial charge < -0.3 is 15.3 Å². The summed E-state index contributed by atoms with van der Waals surface area (Å²) in [6.45, 7) is 8.21. The van der Waals surface area contributed by atoms with E-state index in [1.807, 2.05) is 6.92 Å². The van der Waals surface area contributed by atoms with Crippen molar-refractivity contribution in [3.63, 3.8) is 0 Å². The third-order valence-electron chi connectivity index (χ3n) is 16.0. The van der Waals surface area contributed by atoms with Crippen LogP contribution in [0, 0.1) is 5.41 Å². The average Bonchev–Trinajstić information content (AvgIpc) is 3.43. The molecule has 3 N–H and O–H groups in total. The third-order valence-corrected chi connectivity index (χ3v) is 16.7. The standard InChI is InChI=1S/3C21H42OS.C6H14O3/c3*1-2-3-4-5-6-7-8-9-10-11-12-13-14-15-16-17-18-19-20-21(22)23;1-2-6(3-7,4-8)5-9/h3*2-20H2,1H3,(H,22,23);7-9H,2-5H2,1H3. The molecule has 0 atom stereocenters. The summed E-state index contributed by atoms with van der Waals surface area (Å²) in [5.41, 5.74) is -0.667. The Hall–Kier alpha value is -0.0600. The molecule has 0 spiro atoms. The Kier molecular flexibility index (Phi) is 83.2. The quantitative estimate of drug-likeness (QED) is 0.0267. The van der Waals surface area contributed by atoms with Gasteiger partial charge >= 0.3 is 0 Å². The zero-order valence-corrected chi connectivity index (χ0v) is 55.7. The number of rotatable bonds is 61. The van der Waals surface area contributed by atoms with E-state index >= 15 is 0 Å². The second-order valence-electron chi connectivity index (χ2n) is 23.8. The van der Waals surface area contributed by atoms with Gasteiger partial charge in [-0.05, 0) is 25.7 Å². The summed E-state index contributed by atoms with van der Waals surface area (Å²) in [6, 6.07) is 0. The van der Waals surface area contributed by atoms with Gasteiger partial charge in [0, 0.05) is 24.7 Å². The molecule has 0 fully saturated rings. The van der Waals surface area contributed by atoms with Crippen LogP contribution in [0.4, 0.5) is 0 Å². The Labute approximate surface area is 505 Å². The van der Waals surface area contributed by atoms with Gasteiger partial charge in [-0.1, -0.05) is 355 Å². The molecule has 0 aliphatic rings. The lowest BCUT2D eigenvalue weighted by atomic mass is 9.88. The predicted molar refractivity (Wildman–Crippen MR) is 356 cm³/mol. The number of hydrogen-bond acceptors (Lipinski definition) is 6. The second kappa shape index (κ2) is 76.9. The van der Waals surface area contributed by atoms with E-state index < -0.39 is 5.41 Å². The van der Waals surface area contributed by atoms with Crippen molar-refractivity contribution in [3.8, 4) is 0 Å². The Bertz CT molecular complexity index is 984. The second-order valence-corrected chi connectivity index (χ2v) is 25.3. The van der Waals surface area contributed by atoms with E-state index in [-0.39, 0.29) is 35.2 Å². The van der Waals surface area contributed by atoms with E-state index in [4.69, 9.17) is 15.3 Å². The molecule has 0 rings (SSSR count). The van der Waals surface area contributed by atoms with Gasteiger partial charge in [0.25, 0.3) is 0 Å². The molecule has 0 unspecified atom stereocenters. The van der Waals surface area contributed by atoms with E-state index in [1.165, 1.54) is 327 Å². The SMILES string of the molecule is CCC(CO)(CO)CO.CCCCCCCCCCCCCCCCCCCCC(=O)S.CCCCCCCCCCCCCCCCCCCCC(=O)S.CCCCCCCCCCCCCCCCCCCCC(=O)S. The van der Waals surface area contributed by atoms with Crippen LogP contribution in [-0.2, 0) is 14.4 Å². The molecule has 470 valence electrons. The van der Waals surface area contributed by atoms with Gasteiger partial charge in [0.05, 0.1) is 19.8 Å². The minimum absolute atomic E-state index is 0.0430. The van der Waals surface area contributed by atoms with E-state index in [0.717, 1.165) is 19.3 Å². The molecule has 0 amide bonds. The summed E-state index contributed by atoms with van der Waals surface area (Å²) < 4.78 is 0. The first-order valence-electron chi connectivity index (χ1n) is 34.5. The summed E-state index contributed by atoms with van der Waals surface area (Å²) >= 11 is 11.4. The molecule has 0 aromatic carbocycles. The highest BCUT2D eigenvalue weighted by molar-refractivity contribution is 7.97. The molecule has 0 bridgehead atoms. The highest BCUT2D eigenvalue weighted by Gasteiger charge is 2.25. The lowest BCUT2D eigenvalue weighted by Crippen LogP contribution is -2.32. The van der Waals surface area contributed by atoms with Gasteiger partial charge in [-0.25, -0.2) is 0 Å². The van der Waals surface area contributed by atoms with Gasteiger partial charge in [-0.15, -0.1) is 37.9 Å². The maximum absolute atomic E-state index is 10.7. The van der Waals surface area contributed by atoms with Crippen LogP contribution in [0.3, 0.4) is 0 Å². The van der Waals surface area contributed by atoms with Crippen LogP contribution in [0.1, 0.15) is 400 Å². The van der Waals surface area contributed by atoms with Crippen molar-refractivity contribution < 1.29 is 29.7 Å². The maximum atomic E-state index is 10.7. The van der Waals surface area contributed by atoms with Gasteiger partial charge in [-0.3, -0.25) is 14.4 Å². The minimum atomic E-state index is -0.667. The zero-order chi connectivity index (χ0) is 58.4.